The van der Waals surface area contributed by atoms with Crippen molar-refractivity contribution in [3.63, 3.8) is 0 Å². The van der Waals surface area contributed by atoms with Crippen LogP contribution in [0, 0.1) is 11.3 Å². The summed E-state index contributed by atoms with van der Waals surface area (Å²) in [4.78, 5) is 23.0. The fraction of sp³-hybridized carbons (Fsp3) is 0.357. The summed E-state index contributed by atoms with van der Waals surface area (Å²) in [5.74, 6) is -0.657. The lowest BCUT2D eigenvalue weighted by atomic mass is 10.1. The number of carbonyl (C=O) groups excluding carboxylic acids is 2. The first kappa shape index (κ1) is 14.7. The van der Waals surface area contributed by atoms with Gasteiger partial charge in [0.1, 0.15) is 0 Å². The molecule has 0 heterocycles. The van der Waals surface area contributed by atoms with Gasteiger partial charge in [0, 0.05) is 12.1 Å². The molecule has 0 spiro atoms. The van der Waals surface area contributed by atoms with Gasteiger partial charge >= 0.3 is 5.97 Å². The van der Waals surface area contributed by atoms with Gasteiger partial charge in [-0.05, 0) is 32.0 Å². The smallest absolute Gasteiger partial charge is 0.307 e. The van der Waals surface area contributed by atoms with Gasteiger partial charge < -0.3 is 10.1 Å². The predicted molar refractivity (Wildman–Crippen MR) is 69.3 cm³/mol. The molecule has 0 saturated carbocycles. The van der Waals surface area contributed by atoms with Crippen molar-refractivity contribution in [3.8, 4) is 6.07 Å². The number of nitrogens with one attached hydrogen (secondary N) is 1. The fourth-order valence-corrected chi connectivity index (χ4v) is 1.43. The molecule has 100 valence electrons. The Labute approximate surface area is 112 Å². The topological polar surface area (TPSA) is 79.2 Å². The molecule has 0 aliphatic carbocycles. The molecule has 1 rings (SSSR count). The van der Waals surface area contributed by atoms with Crippen molar-refractivity contribution < 1.29 is 14.3 Å². The van der Waals surface area contributed by atoms with Gasteiger partial charge in [0.05, 0.1) is 24.2 Å². The average molecular weight is 260 g/mol. The molecule has 0 bridgehead atoms. The van der Waals surface area contributed by atoms with E-state index in [1.807, 2.05) is 6.07 Å². The third-order valence-electron chi connectivity index (χ3n) is 2.24. The van der Waals surface area contributed by atoms with Gasteiger partial charge in [0.15, 0.2) is 0 Å². The highest BCUT2D eigenvalue weighted by Gasteiger charge is 2.08. The first-order chi connectivity index (χ1) is 9.02. The largest absolute Gasteiger partial charge is 0.463 e. The Morgan fingerprint density at radius 1 is 1.42 bits per heavy atom. The minimum absolute atomic E-state index is 0.127. The maximum atomic E-state index is 11.7. The number of hydrogen-bond donors (Lipinski definition) is 1. The highest BCUT2D eigenvalue weighted by Crippen LogP contribution is 2.04. The first-order valence-electron chi connectivity index (χ1n) is 6.00. The number of esters is 1. The summed E-state index contributed by atoms with van der Waals surface area (Å²) in [5, 5.41) is 11.3. The van der Waals surface area contributed by atoms with E-state index in [0.29, 0.717) is 11.1 Å². The van der Waals surface area contributed by atoms with E-state index in [2.05, 4.69) is 5.32 Å². The van der Waals surface area contributed by atoms with E-state index in [1.54, 1.807) is 32.0 Å². The highest BCUT2D eigenvalue weighted by molar-refractivity contribution is 5.94. The summed E-state index contributed by atoms with van der Waals surface area (Å²) in [7, 11) is 0. The van der Waals surface area contributed by atoms with Crippen LogP contribution in [0.3, 0.4) is 0 Å². The molecule has 1 amide bonds. The van der Waals surface area contributed by atoms with Gasteiger partial charge in [-0.2, -0.15) is 5.26 Å². The van der Waals surface area contributed by atoms with E-state index in [4.69, 9.17) is 10.00 Å². The van der Waals surface area contributed by atoms with E-state index in [1.165, 1.54) is 6.07 Å². The quantitative estimate of drug-likeness (QED) is 0.816. The summed E-state index contributed by atoms with van der Waals surface area (Å²) in [6, 6.07) is 8.34. The molecule has 1 aromatic rings. The Morgan fingerprint density at radius 2 is 2.16 bits per heavy atom. The van der Waals surface area contributed by atoms with E-state index < -0.39 is 0 Å². The Balaban J connectivity index is 2.43. The minimum atomic E-state index is -0.346. The van der Waals surface area contributed by atoms with Crippen LogP contribution in [0.4, 0.5) is 0 Å². The van der Waals surface area contributed by atoms with Gasteiger partial charge in [0.25, 0.3) is 5.91 Å². The Kier molecular flexibility index (Phi) is 5.55. The van der Waals surface area contributed by atoms with Crippen molar-refractivity contribution in [2.75, 3.05) is 6.54 Å². The Morgan fingerprint density at radius 3 is 2.79 bits per heavy atom. The van der Waals surface area contributed by atoms with Gasteiger partial charge in [0.2, 0.25) is 0 Å². The summed E-state index contributed by atoms with van der Waals surface area (Å²) >= 11 is 0. The van der Waals surface area contributed by atoms with Crippen molar-refractivity contribution >= 4 is 11.9 Å². The maximum absolute atomic E-state index is 11.7. The Hall–Kier alpha value is -2.35. The zero-order valence-corrected chi connectivity index (χ0v) is 11.0. The van der Waals surface area contributed by atoms with E-state index in [0.717, 1.165) is 0 Å². The Bertz CT molecular complexity index is 504. The number of amides is 1. The lowest BCUT2D eigenvalue weighted by molar-refractivity contribution is -0.147. The summed E-state index contributed by atoms with van der Waals surface area (Å²) in [6.07, 6.45) is -0.0301. The second kappa shape index (κ2) is 7.17. The van der Waals surface area contributed by atoms with E-state index >= 15 is 0 Å². The van der Waals surface area contributed by atoms with Crippen LogP contribution in [0.15, 0.2) is 24.3 Å². The molecule has 0 atom stereocenters. The molecule has 0 unspecified atom stereocenters. The number of ether oxygens (including phenoxy) is 1. The molecule has 5 heteroatoms. The molecule has 1 N–H and O–H groups in total. The van der Waals surface area contributed by atoms with Crippen LogP contribution in [0.1, 0.15) is 36.2 Å². The number of nitriles is 1. The first-order valence-corrected chi connectivity index (χ1v) is 6.00. The van der Waals surface area contributed by atoms with Gasteiger partial charge in [-0.25, -0.2) is 0 Å². The molecule has 0 radical (unpaired) electrons. The van der Waals surface area contributed by atoms with E-state index in [-0.39, 0.29) is 30.9 Å². The number of benzene rings is 1. The molecular weight excluding hydrogens is 244 g/mol. The summed E-state index contributed by atoms with van der Waals surface area (Å²) in [6.45, 7) is 3.74. The van der Waals surface area contributed by atoms with Crippen LogP contribution in [0.25, 0.3) is 0 Å². The molecule has 1 aromatic carbocycles. The van der Waals surface area contributed by atoms with Crippen LogP contribution in [-0.2, 0) is 9.53 Å². The molecule has 0 aliphatic heterocycles. The molecule has 0 aliphatic rings. The molecule has 0 fully saturated rings. The number of carbonyl (C=O) groups is 2. The van der Waals surface area contributed by atoms with Gasteiger partial charge in [-0.1, -0.05) is 6.07 Å². The number of rotatable bonds is 5. The maximum Gasteiger partial charge on any atom is 0.307 e. The zero-order valence-electron chi connectivity index (χ0n) is 11.0. The second-order valence-electron chi connectivity index (χ2n) is 4.24. The highest BCUT2D eigenvalue weighted by atomic mass is 16.5. The minimum Gasteiger partial charge on any atom is -0.463 e. The number of nitrogens with zero attached hydrogens (tertiary/aromatic N) is 1. The molecule has 5 nitrogen and oxygen atoms in total. The third-order valence-corrected chi connectivity index (χ3v) is 2.24. The van der Waals surface area contributed by atoms with Gasteiger partial charge in [-0.3, -0.25) is 9.59 Å². The molecule has 0 saturated heterocycles. The van der Waals surface area contributed by atoms with E-state index in [9.17, 15) is 9.59 Å². The lowest BCUT2D eigenvalue weighted by Gasteiger charge is -2.08. The molecule has 19 heavy (non-hydrogen) atoms. The fourth-order valence-electron chi connectivity index (χ4n) is 1.43. The normalized spacial score (nSPS) is 9.79. The average Bonchev–Trinajstić information content (AvgIpc) is 2.37. The van der Waals surface area contributed by atoms with Crippen LogP contribution in [0.2, 0.25) is 0 Å². The summed E-state index contributed by atoms with van der Waals surface area (Å²) < 4.78 is 4.94. The van der Waals surface area contributed by atoms with Crippen LogP contribution >= 0.6 is 0 Å². The van der Waals surface area contributed by atoms with Gasteiger partial charge in [-0.15, -0.1) is 0 Å². The van der Waals surface area contributed by atoms with Crippen molar-refractivity contribution in [1.29, 1.82) is 5.26 Å². The summed E-state index contributed by atoms with van der Waals surface area (Å²) in [5.41, 5.74) is 0.822. The SMILES string of the molecule is CC(C)OC(=O)CCNC(=O)c1cccc(C#N)c1. The third kappa shape index (κ3) is 5.21. The van der Waals surface area contributed by atoms with Crippen molar-refractivity contribution in [2.45, 2.75) is 26.4 Å². The van der Waals surface area contributed by atoms with Crippen molar-refractivity contribution in [1.82, 2.24) is 5.32 Å². The molecule has 0 aromatic heterocycles. The standard InChI is InChI=1S/C14H16N2O3/c1-10(2)19-13(17)6-7-16-14(18)12-5-3-4-11(8-12)9-15/h3-5,8,10H,6-7H2,1-2H3,(H,16,18). The van der Waals surface area contributed by atoms with Crippen LogP contribution < -0.4 is 5.32 Å². The van der Waals surface area contributed by atoms with Crippen LogP contribution in [-0.4, -0.2) is 24.5 Å². The lowest BCUT2D eigenvalue weighted by Crippen LogP contribution is -2.27. The zero-order chi connectivity index (χ0) is 14.3. The predicted octanol–water partition coefficient (Wildman–Crippen LogP) is 1.63. The number of hydrogen-bond acceptors (Lipinski definition) is 4. The molecular formula is C14H16N2O3. The van der Waals surface area contributed by atoms with Crippen LogP contribution in [0.5, 0.6) is 0 Å². The monoisotopic (exact) mass is 260 g/mol. The van der Waals surface area contributed by atoms with Crippen molar-refractivity contribution in [2.24, 2.45) is 0 Å². The van der Waals surface area contributed by atoms with Crippen molar-refractivity contribution in [3.05, 3.63) is 35.4 Å². The second-order valence-corrected chi connectivity index (χ2v) is 4.24.